The van der Waals surface area contributed by atoms with Crippen LogP contribution in [0.5, 0.6) is 0 Å². The number of carbonyl (C=O) groups excluding carboxylic acids is 2. The van der Waals surface area contributed by atoms with Gasteiger partial charge in [-0.3, -0.25) is 14.7 Å². The summed E-state index contributed by atoms with van der Waals surface area (Å²) in [6, 6.07) is 11.5. The summed E-state index contributed by atoms with van der Waals surface area (Å²) in [5.41, 5.74) is 2.19. The van der Waals surface area contributed by atoms with Crippen molar-refractivity contribution in [1.29, 1.82) is 0 Å². The van der Waals surface area contributed by atoms with Gasteiger partial charge in [0.05, 0.1) is 5.69 Å². The largest absolute Gasteiger partial charge is 0.368 e. The average Bonchev–Trinajstić information content (AvgIpc) is 3.40. The van der Waals surface area contributed by atoms with Crippen LogP contribution in [-0.2, 0) is 9.53 Å². The number of benzene rings is 1. The summed E-state index contributed by atoms with van der Waals surface area (Å²) < 4.78 is 5.47. The van der Waals surface area contributed by atoms with Gasteiger partial charge in [-0.25, -0.2) is 0 Å². The highest BCUT2D eigenvalue weighted by Crippen LogP contribution is 2.19. The van der Waals surface area contributed by atoms with Gasteiger partial charge in [0, 0.05) is 38.3 Å². The molecule has 7 heteroatoms. The maximum absolute atomic E-state index is 12.7. The second kappa shape index (κ2) is 7.29. The Hall–Kier alpha value is -2.67. The third kappa shape index (κ3) is 3.35. The Morgan fingerprint density at radius 2 is 1.81 bits per heavy atom. The standard InChI is InChI=1S/C19H22N4O3/c24-18(16-13-15(20-21-16)14-5-2-1-3-6-14)22-8-10-23(11-9-22)19(25)17-7-4-12-26-17/h1-3,5-6,13,17H,4,7-12H2,(H,20,21)/t17-/m1/s1. The maximum atomic E-state index is 12.7. The Balaban J connectivity index is 1.36. The fourth-order valence-corrected chi connectivity index (χ4v) is 3.46. The summed E-state index contributed by atoms with van der Waals surface area (Å²) >= 11 is 0. The second-order valence-corrected chi connectivity index (χ2v) is 6.65. The molecule has 1 aromatic carbocycles. The van der Waals surface area contributed by atoms with Crippen molar-refractivity contribution in [2.24, 2.45) is 0 Å². The Bertz CT molecular complexity index is 775. The summed E-state index contributed by atoms with van der Waals surface area (Å²) in [5, 5.41) is 7.08. The first-order valence-corrected chi connectivity index (χ1v) is 9.03. The number of piperazine rings is 1. The first kappa shape index (κ1) is 16.8. The third-order valence-corrected chi connectivity index (χ3v) is 4.96. The highest BCUT2D eigenvalue weighted by atomic mass is 16.5. The molecular formula is C19H22N4O3. The molecule has 0 bridgehead atoms. The highest BCUT2D eigenvalue weighted by molar-refractivity contribution is 5.93. The Morgan fingerprint density at radius 1 is 1.08 bits per heavy atom. The summed E-state index contributed by atoms with van der Waals surface area (Å²) in [4.78, 5) is 28.7. The van der Waals surface area contributed by atoms with Crippen molar-refractivity contribution in [3.8, 4) is 11.3 Å². The molecule has 26 heavy (non-hydrogen) atoms. The van der Waals surface area contributed by atoms with Gasteiger partial charge in [0.1, 0.15) is 11.8 Å². The third-order valence-electron chi connectivity index (χ3n) is 4.96. The van der Waals surface area contributed by atoms with Gasteiger partial charge >= 0.3 is 0 Å². The van der Waals surface area contributed by atoms with E-state index in [0.29, 0.717) is 38.5 Å². The second-order valence-electron chi connectivity index (χ2n) is 6.65. The van der Waals surface area contributed by atoms with Gasteiger partial charge in [-0.2, -0.15) is 5.10 Å². The molecule has 2 aromatic rings. The lowest BCUT2D eigenvalue weighted by Crippen LogP contribution is -2.52. The molecule has 0 unspecified atom stereocenters. The summed E-state index contributed by atoms with van der Waals surface area (Å²) in [6.07, 6.45) is 1.45. The van der Waals surface area contributed by atoms with E-state index >= 15 is 0 Å². The van der Waals surface area contributed by atoms with E-state index in [1.54, 1.807) is 11.0 Å². The zero-order valence-corrected chi connectivity index (χ0v) is 14.6. The van der Waals surface area contributed by atoms with Crippen LogP contribution in [0.3, 0.4) is 0 Å². The zero-order valence-electron chi connectivity index (χ0n) is 14.6. The zero-order chi connectivity index (χ0) is 17.9. The Kier molecular flexibility index (Phi) is 4.71. The molecule has 2 aliphatic heterocycles. The van der Waals surface area contributed by atoms with Crippen molar-refractivity contribution in [3.63, 3.8) is 0 Å². The van der Waals surface area contributed by atoms with Gasteiger partial charge in [-0.05, 0) is 18.9 Å². The smallest absolute Gasteiger partial charge is 0.272 e. The summed E-state index contributed by atoms with van der Waals surface area (Å²) in [6.45, 7) is 2.81. The van der Waals surface area contributed by atoms with E-state index in [-0.39, 0.29) is 17.9 Å². The van der Waals surface area contributed by atoms with Crippen molar-refractivity contribution in [2.75, 3.05) is 32.8 Å². The molecule has 2 amide bonds. The molecule has 136 valence electrons. The first-order valence-electron chi connectivity index (χ1n) is 9.03. The maximum Gasteiger partial charge on any atom is 0.272 e. The minimum atomic E-state index is -0.293. The predicted octanol–water partition coefficient (Wildman–Crippen LogP) is 1.54. The molecule has 1 atom stereocenters. The van der Waals surface area contributed by atoms with Gasteiger partial charge in [0.25, 0.3) is 11.8 Å². The van der Waals surface area contributed by atoms with Crippen LogP contribution in [0.4, 0.5) is 0 Å². The average molecular weight is 354 g/mol. The van der Waals surface area contributed by atoms with Crippen molar-refractivity contribution in [3.05, 3.63) is 42.1 Å². The number of amides is 2. The number of aromatic amines is 1. The number of H-pyrrole nitrogens is 1. The lowest BCUT2D eigenvalue weighted by atomic mass is 10.1. The van der Waals surface area contributed by atoms with Crippen LogP contribution in [0, 0.1) is 0 Å². The molecule has 2 aliphatic rings. The molecule has 7 nitrogen and oxygen atoms in total. The van der Waals surface area contributed by atoms with Crippen molar-refractivity contribution >= 4 is 11.8 Å². The van der Waals surface area contributed by atoms with Crippen molar-refractivity contribution in [2.45, 2.75) is 18.9 Å². The number of hydrogen-bond donors (Lipinski definition) is 1. The van der Waals surface area contributed by atoms with Crippen LogP contribution < -0.4 is 0 Å². The van der Waals surface area contributed by atoms with E-state index in [9.17, 15) is 9.59 Å². The quantitative estimate of drug-likeness (QED) is 0.907. The monoisotopic (exact) mass is 354 g/mol. The highest BCUT2D eigenvalue weighted by Gasteiger charge is 2.31. The minimum Gasteiger partial charge on any atom is -0.368 e. The number of rotatable bonds is 3. The fraction of sp³-hybridized carbons (Fsp3) is 0.421. The predicted molar refractivity (Wildman–Crippen MR) is 95.5 cm³/mol. The number of ether oxygens (including phenoxy) is 1. The first-order chi connectivity index (χ1) is 12.7. The summed E-state index contributed by atoms with van der Waals surface area (Å²) in [5.74, 6) is -0.0219. The van der Waals surface area contributed by atoms with E-state index in [4.69, 9.17) is 4.74 Å². The summed E-state index contributed by atoms with van der Waals surface area (Å²) in [7, 11) is 0. The van der Waals surface area contributed by atoms with E-state index in [2.05, 4.69) is 10.2 Å². The number of nitrogens with zero attached hydrogens (tertiary/aromatic N) is 3. The van der Waals surface area contributed by atoms with Crippen molar-refractivity contribution < 1.29 is 14.3 Å². The molecule has 3 heterocycles. The van der Waals surface area contributed by atoms with E-state index in [0.717, 1.165) is 24.1 Å². The molecule has 1 aromatic heterocycles. The van der Waals surface area contributed by atoms with Crippen LogP contribution in [-0.4, -0.2) is 70.7 Å². The molecule has 1 N–H and O–H groups in total. The van der Waals surface area contributed by atoms with Crippen LogP contribution >= 0.6 is 0 Å². The molecule has 2 saturated heterocycles. The van der Waals surface area contributed by atoms with Crippen LogP contribution in [0.25, 0.3) is 11.3 Å². The fourth-order valence-electron chi connectivity index (χ4n) is 3.46. The van der Waals surface area contributed by atoms with E-state index in [1.807, 2.05) is 35.2 Å². The molecular weight excluding hydrogens is 332 g/mol. The lowest BCUT2D eigenvalue weighted by Gasteiger charge is -2.35. The molecule has 0 saturated carbocycles. The Labute approximate surface area is 151 Å². The van der Waals surface area contributed by atoms with Gasteiger partial charge in [0.15, 0.2) is 0 Å². The molecule has 0 radical (unpaired) electrons. The van der Waals surface area contributed by atoms with Crippen LogP contribution in [0.1, 0.15) is 23.3 Å². The molecule has 0 spiro atoms. The normalized spacial score (nSPS) is 20.4. The molecule has 4 rings (SSSR count). The number of hydrogen-bond acceptors (Lipinski definition) is 4. The molecule has 2 fully saturated rings. The van der Waals surface area contributed by atoms with Gasteiger partial charge < -0.3 is 14.5 Å². The lowest BCUT2D eigenvalue weighted by molar-refractivity contribution is -0.142. The minimum absolute atomic E-state index is 0.0579. The van der Waals surface area contributed by atoms with E-state index in [1.165, 1.54) is 0 Å². The van der Waals surface area contributed by atoms with Gasteiger partial charge in [0.2, 0.25) is 0 Å². The SMILES string of the molecule is O=C(c1cc(-c2ccccc2)n[nH]1)N1CCN(C(=O)[C@H]2CCCO2)CC1. The number of carbonyl (C=O) groups is 2. The van der Waals surface area contributed by atoms with Crippen LogP contribution in [0.15, 0.2) is 36.4 Å². The Morgan fingerprint density at radius 3 is 2.50 bits per heavy atom. The van der Waals surface area contributed by atoms with Gasteiger partial charge in [-0.1, -0.05) is 30.3 Å². The number of aromatic nitrogens is 2. The topological polar surface area (TPSA) is 78.5 Å². The van der Waals surface area contributed by atoms with Gasteiger partial charge in [-0.15, -0.1) is 0 Å². The number of nitrogens with one attached hydrogen (secondary N) is 1. The van der Waals surface area contributed by atoms with Crippen LogP contribution in [0.2, 0.25) is 0 Å². The molecule has 0 aliphatic carbocycles. The van der Waals surface area contributed by atoms with Crippen molar-refractivity contribution in [1.82, 2.24) is 20.0 Å². The van der Waals surface area contributed by atoms with E-state index < -0.39 is 0 Å².